The fourth-order valence-corrected chi connectivity index (χ4v) is 3.23. The summed E-state index contributed by atoms with van der Waals surface area (Å²) < 4.78 is 27.5. The van der Waals surface area contributed by atoms with Crippen molar-refractivity contribution < 1.29 is 13.6 Å². The van der Waals surface area contributed by atoms with Gasteiger partial charge in [0.2, 0.25) is 11.8 Å². The highest BCUT2D eigenvalue weighted by molar-refractivity contribution is 9.10. The van der Waals surface area contributed by atoms with E-state index in [9.17, 15) is 13.6 Å². The van der Waals surface area contributed by atoms with Crippen LogP contribution in [0.4, 0.5) is 8.78 Å². The smallest absolute Gasteiger partial charge is 0.248 e. The second-order valence-electron chi connectivity index (χ2n) is 5.71. The van der Waals surface area contributed by atoms with Crippen LogP contribution in [-0.2, 0) is 11.2 Å². The van der Waals surface area contributed by atoms with Gasteiger partial charge in [-0.1, -0.05) is 34.1 Å². The van der Waals surface area contributed by atoms with Crippen molar-refractivity contribution in [3.63, 3.8) is 0 Å². The van der Waals surface area contributed by atoms with Gasteiger partial charge in [0, 0.05) is 30.3 Å². The maximum atomic E-state index is 13.3. The number of alkyl halides is 2. The van der Waals surface area contributed by atoms with Gasteiger partial charge in [-0.15, -0.1) is 0 Å². The Morgan fingerprint density at radius 1 is 1.38 bits per heavy atom. The van der Waals surface area contributed by atoms with E-state index in [1.807, 2.05) is 24.3 Å². The van der Waals surface area contributed by atoms with Crippen molar-refractivity contribution in [1.82, 2.24) is 5.32 Å². The molecule has 2 rings (SSSR count). The Morgan fingerprint density at radius 2 is 2.14 bits per heavy atom. The summed E-state index contributed by atoms with van der Waals surface area (Å²) in [6, 6.07) is 7.77. The van der Waals surface area contributed by atoms with Crippen LogP contribution in [0.25, 0.3) is 0 Å². The summed E-state index contributed by atoms with van der Waals surface area (Å²) in [5.41, 5.74) is 1.08. The average molecular weight is 360 g/mol. The fraction of sp³-hybridized carbons (Fsp3) is 0.562. The lowest BCUT2D eigenvalue weighted by molar-refractivity contribution is -0.121. The normalized spacial score (nSPS) is 21.0. The number of hydrogen-bond acceptors (Lipinski definition) is 1. The molecule has 1 saturated carbocycles. The maximum absolute atomic E-state index is 13.3. The van der Waals surface area contributed by atoms with Crippen molar-refractivity contribution >= 4 is 21.8 Å². The number of amides is 1. The number of aryl methyl sites for hydroxylation is 1. The monoisotopic (exact) mass is 359 g/mol. The zero-order valence-electron chi connectivity index (χ0n) is 11.9. The van der Waals surface area contributed by atoms with Crippen molar-refractivity contribution in [2.45, 2.75) is 44.4 Å². The van der Waals surface area contributed by atoms with Crippen LogP contribution in [0.1, 0.15) is 37.7 Å². The van der Waals surface area contributed by atoms with Crippen molar-refractivity contribution in [1.29, 1.82) is 0 Å². The van der Waals surface area contributed by atoms with Crippen LogP contribution in [0.5, 0.6) is 0 Å². The van der Waals surface area contributed by atoms with Gasteiger partial charge in [-0.05, 0) is 36.8 Å². The van der Waals surface area contributed by atoms with Crippen LogP contribution >= 0.6 is 15.9 Å². The molecule has 1 aliphatic carbocycles. The molecule has 116 valence electrons. The minimum atomic E-state index is -2.55. The van der Waals surface area contributed by atoms with Crippen molar-refractivity contribution in [3.05, 3.63) is 34.3 Å². The summed E-state index contributed by atoms with van der Waals surface area (Å²) in [5.74, 6) is -2.72. The quantitative estimate of drug-likeness (QED) is 0.832. The number of rotatable bonds is 5. The summed E-state index contributed by atoms with van der Waals surface area (Å²) in [4.78, 5) is 11.8. The molecule has 1 fully saturated rings. The highest BCUT2D eigenvalue weighted by Gasteiger charge is 2.36. The minimum Gasteiger partial charge on any atom is -0.356 e. The molecule has 1 atom stereocenters. The van der Waals surface area contributed by atoms with E-state index in [2.05, 4.69) is 21.2 Å². The van der Waals surface area contributed by atoms with E-state index in [-0.39, 0.29) is 24.7 Å². The molecule has 21 heavy (non-hydrogen) atoms. The van der Waals surface area contributed by atoms with Crippen molar-refractivity contribution in [3.8, 4) is 0 Å². The standard InChI is InChI=1S/C16H20BrF2NO/c17-14-6-2-1-5-13(14)7-8-15(21)20-11-12-4-3-9-16(18,19)10-12/h1-2,5-6,12H,3-4,7-11H2,(H,20,21)/t12-/m0/s1. The third-order valence-electron chi connectivity index (χ3n) is 3.91. The third-order valence-corrected chi connectivity index (χ3v) is 4.68. The number of hydrogen-bond donors (Lipinski definition) is 1. The molecule has 1 aromatic rings. The molecule has 0 bridgehead atoms. The summed E-state index contributed by atoms with van der Waals surface area (Å²) >= 11 is 3.45. The molecule has 0 saturated heterocycles. The zero-order valence-corrected chi connectivity index (χ0v) is 13.5. The summed E-state index contributed by atoms with van der Waals surface area (Å²) in [6.07, 6.45) is 2.24. The fourth-order valence-electron chi connectivity index (χ4n) is 2.75. The number of carbonyl (C=O) groups excluding carboxylic acids is 1. The molecular formula is C16H20BrF2NO. The number of nitrogens with one attached hydrogen (secondary N) is 1. The van der Waals surface area contributed by atoms with E-state index >= 15 is 0 Å². The van der Waals surface area contributed by atoms with Crippen LogP contribution in [0.2, 0.25) is 0 Å². The molecule has 1 aromatic carbocycles. The maximum Gasteiger partial charge on any atom is 0.248 e. The van der Waals surface area contributed by atoms with E-state index in [4.69, 9.17) is 0 Å². The summed E-state index contributed by atoms with van der Waals surface area (Å²) in [7, 11) is 0. The molecule has 0 radical (unpaired) electrons. The summed E-state index contributed by atoms with van der Waals surface area (Å²) in [5, 5.41) is 2.79. The van der Waals surface area contributed by atoms with Gasteiger partial charge in [0.05, 0.1) is 0 Å². The minimum absolute atomic E-state index is 0.0144. The van der Waals surface area contributed by atoms with Crippen LogP contribution in [0, 0.1) is 5.92 Å². The van der Waals surface area contributed by atoms with Gasteiger partial charge in [0.15, 0.2) is 0 Å². The number of benzene rings is 1. The third kappa shape index (κ3) is 5.38. The number of halogens is 3. The lowest BCUT2D eigenvalue weighted by Crippen LogP contribution is -2.35. The highest BCUT2D eigenvalue weighted by atomic mass is 79.9. The Bertz CT molecular complexity index is 493. The molecule has 1 amide bonds. The molecular weight excluding hydrogens is 340 g/mol. The first kappa shape index (κ1) is 16.4. The lowest BCUT2D eigenvalue weighted by atomic mass is 9.86. The molecule has 0 aliphatic heterocycles. The Balaban J connectivity index is 1.72. The van der Waals surface area contributed by atoms with Gasteiger partial charge >= 0.3 is 0 Å². The predicted molar refractivity (Wildman–Crippen MR) is 82.4 cm³/mol. The number of carbonyl (C=O) groups is 1. The Labute approximate surface area is 132 Å². The van der Waals surface area contributed by atoms with E-state index < -0.39 is 5.92 Å². The topological polar surface area (TPSA) is 29.1 Å². The van der Waals surface area contributed by atoms with Gasteiger partial charge in [-0.25, -0.2) is 8.78 Å². The van der Waals surface area contributed by atoms with E-state index in [1.165, 1.54) is 0 Å². The van der Waals surface area contributed by atoms with Gasteiger partial charge in [-0.2, -0.15) is 0 Å². The van der Waals surface area contributed by atoms with E-state index in [0.29, 0.717) is 25.8 Å². The molecule has 0 aromatic heterocycles. The zero-order chi connectivity index (χ0) is 15.3. The van der Waals surface area contributed by atoms with E-state index in [1.54, 1.807) is 0 Å². The van der Waals surface area contributed by atoms with Gasteiger partial charge < -0.3 is 5.32 Å². The molecule has 5 heteroatoms. The Kier molecular flexibility index (Phi) is 5.73. The van der Waals surface area contributed by atoms with Gasteiger partial charge in [0.25, 0.3) is 0 Å². The average Bonchev–Trinajstić information content (AvgIpc) is 2.43. The van der Waals surface area contributed by atoms with Crippen molar-refractivity contribution in [2.24, 2.45) is 5.92 Å². The molecule has 0 heterocycles. The molecule has 2 nitrogen and oxygen atoms in total. The molecule has 1 aliphatic rings. The Morgan fingerprint density at radius 3 is 2.86 bits per heavy atom. The van der Waals surface area contributed by atoms with Gasteiger partial charge in [-0.3, -0.25) is 4.79 Å². The lowest BCUT2D eigenvalue weighted by Gasteiger charge is -2.28. The van der Waals surface area contributed by atoms with Crippen LogP contribution in [-0.4, -0.2) is 18.4 Å². The van der Waals surface area contributed by atoms with Crippen LogP contribution in [0.3, 0.4) is 0 Å². The molecule has 1 N–H and O–H groups in total. The van der Waals surface area contributed by atoms with E-state index in [0.717, 1.165) is 16.5 Å². The largest absolute Gasteiger partial charge is 0.356 e. The van der Waals surface area contributed by atoms with Gasteiger partial charge in [0.1, 0.15) is 0 Å². The van der Waals surface area contributed by atoms with Crippen LogP contribution in [0.15, 0.2) is 28.7 Å². The molecule has 0 spiro atoms. The summed E-state index contributed by atoms with van der Waals surface area (Å²) in [6.45, 7) is 0.365. The first-order chi connectivity index (χ1) is 9.96. The second kappa shape index (κ2) is 7.34. The predicted octanol–water partition coefficient (Wildman–Crippen LogP) is 4.32. The second-order valence-corrected chi connectivity index (χ2v) is 6.57. The highest BCUT2D eigenvalue weighted by Crippen LogP contribution is 2.36. The Hall–Kier alpha value is -0.970. The molecule has 0 unspecified atom stereocenters. The SMILES string of the molecule is O=C(CCc1ccccc1Br)NC[C@H]1CCCC(F)(F)C1. The first-order valence-electron chi connectivity index (χ1n) is 7.34. The van der Waals surface area contributed by atoms with Crippen molar-refractivity contribution in [2.75, 3.05) is 6.54 Å². The van der Waals surface area contributed by atoms with Crippen LogP contribution < -0.4 is 5.32 Å². The first-order valence-corrected chi connectivity index (χ1v) is 8.13.